The topological polar surface area (TPSA) is 53.8 Å². The average Bonchev–Trinajstić information content (AvgIpc) is 3.77. The number of ether oxygens (including phenoxy) is 3. The van der Waals surface area contributed by atoms with Gasteiger partial charge in [0.2, 0.25) is 12.1 Å². The van der Waals surface area contributed by atoms with Crippen LogP contribution in [0.4, 0.5) is 0 Å². The molecule has 256 valence electrons. The molecular formula is C44H30N4O3Pt-2. The maximum absolute atomic E-state index is 6.51. The molecule has 0 saturated carbocycles. The van der Waals surface area contributed by atoms with E-state index in [-0.39, 0.29) is 21.1 Å². The molecule has 2 aliphatic heterocycles. The monoisotopic (exact) mass is 857 g/mol. The number of aromatic nitrogens is 3. The van der Waals surface area contributed by atoms with E-state index < -0.39 is 5.79 Å². The normalized spacial score (nSPS) is 15.4. The molecule has 0 spiro atoms. The molecule has 0 bridgehead atoms. The number of aliphatic imine (C=N–C) groups is 1. The molecule has 0 saturated heterocycles. The van der Waals surface area contributed by atoms with Gasteiger partial charge in [0.05, 0.1) is 18.1 Å². The minimum atomic E-state index is -0.885. The summed E-state index contributed by atoms with van der Waals surface area (Å²) in [7, 11) is 1.99. The smallest absolute Gasteiger partial charge is 0.263 e. The Morgan fingerprint density at radius 1 is 0.654 bits per heavy atom. The summed E-state index contributed by atoms with van der Waals surface area (Å²) >= 11 is 0. The Morgan fingerprint density at radius 3 is 2.15 bits per heavy atom. The van der Waals surface area contributed by atoms with Crippen LogP contribution in [0.15, 0.2) is 138 Å². The van der Waals surface area contributed by atoms with Gasteiger partial charge in [0.25, 0.3) is 5.88 Å². The van der Waals surface area contributed by atoms with Gasteiger partial charge in [0.1, 0.15) is 5.84 Å². The van der Waals surface area contributed by atoms with Crippen molar-refractivity contribution in [3.8, 4) is 28.3 Å². The van der Waals surface area contributed by atoms with Gasteiger partial charge in [0, 0.05) is 63.1 Å². The zero-order chi connectivity index (χ0) is 34.3. The van der Waals surface area contributed by atoms with Crippen LogP contribution in [0.5, 0.6) is 11.5 Å². The van der Waals surface area contributed by atoms with Crippen molar-refractivity contribution in [2.45, 2.75) is 19.6 Å². The fraction of sp³-hybridized carbons (Fsp3) is 0.0909. The Hall–Kier alpha value is -5.91. The van der Waals surface area contributed by atoms with Crippen molar-refractivity contribution >= 4 is 44.4 Å². The van der Waals surface area contributed by atoms with Crippen molar-refractivity contribution in [1.82, 2.24) is 9.13 Å². The number of hydrogen-bond acceptors (Lipinski definition) is 4. The number of fused-ring (bicyclic) bond motifs is 8. The minimum absolute atomic E-state index is 0. The minimum Gasteiger partial charge on any atom is -0.510 e. The Bertz CT molecular complexity index is 2790. The first-order valence-electron chi connectivity index (χ1n) is 16.9. The number of nitrogens with zero attached hydrogens (tertiary/aromatic N) is 4. The molecule has 0 radical (unpaired) electrons. The molecule has 6 aromatic carbocycles. The number of hydrogen-bond donors (Lipinski definition) is 0. The van der Waals surface area contributed by atoms with Gasteiger partial charge < -0.3 is 27.9 Å². The molecule has 2 aliphatic rings. The zero-order valence-corrected chi connectivity index (χ0v) is 30.7. The number of aryl methyl sites for hydroxylation is 1. The summed E-state index contributed by atoms with van der Waals surface area (Å²) in [6, 6.07) is 50.1. The number of rotatable bonds is 3. The molecule has 10 rings (SSSR count). The Kier molecular flexibility index (Phi) is 7.46. The summed E-state index contributed by atoms with van der Waals surface area (Å²) in [6.45, 7) is 3.81. The van der Waals surface area contributed by atoms with Gasteiger partial charge in [-0.05, 0) is 22.6 Å². The van der Waals surface area contributed by atoms with E-state index in [9.17, 15) is 0 Å². The van der Waals surface area contributed by atoms with Crippen LogP contribution in [-0.4, -0.2) is 20.8 Å². The molecule has 0 N–H and O–H groups in total. The van der Waals surface area contributed by atoms with Crippen molar-refractivity contribution in [3.05, 3.63) is 163 Å². The summed E-state index contributed by atoms with van der Waals surface area (Å²) in [5.74, 6) is 1.99. The largest absolute Gasteiger partial charge is 0.510 e. The molecule has 0 amide bonds. The maximum atomic E-state index is 6.51. The molecule has 52 heavy (non-hydrogen) atoms. The third-order valence-corrected chi connectivity index (χ3v) is 9.44. The van der Waals surface area contributed by atoms with Crippen LogP contribution in [0.3, 0.4) is 0 Å². The standard InChI is InChI=1S/C44H30N4O3.Pt/c1-44(2)50-41-35-18-6-4-15-31(35)32-16-5-7-19-36(32)42(45-43(41)51-44)48-37-20-9-8-17-33(37)34-24-23-30(26-40(34)48)49-29-14-12-13-28(25-29)47-27-46(3)38-21-10-11-22-39(38)47;/h4-24H,1-3H3;/q-2;/b32-31?,41-35?,42-36?,45-42+,45-43?;. The first kappa shape index (κ1) is 32.0. The van der Waals surface area contributed by atoms with Crippen LogP contribution < -0.4 is 9.30 Å². The van der Waals surface area contributed by atoms with Gasteiger partial charge in [-0.1, -0.05) is 102 Å². The summed E-state index contributed by atoms with van der Waals surface area (Å²) in [6.07, 6.45) is 3.39. The van der Waals surface area contributed by atoms with Gasteiger partial charge in [-0.2, -0.15) is 23.2 Å². The quantitative estimate of drug-likeness (QED) is 0.132. The van der Waals surface area contributed by atoms with Crippen molar-refractivity contribution in [1.29, 1.82) is 0 Å². The first-order valence-corrected chi connectivity index (χ1v) is 16.9. The predicted molar refractivity (Wildman–Crippen MR) is 197 cm³/mol. The molecule has 8 heteroatoms. The van der Waals surface area contributed by atoms with Gasteiger partial charge >= 0.3 is 0 Å². The van der Waals surface area contributed by atoms with E-state index in [1.807, 2.05) is 84.6 Å². The number of para-hydroxylation sites is 3. The Morgan fingerprint density at radius 2 is 1.33 bits per heavy atom. The van der Waals surface area contributed by atoms with Crippen molar-refractivity contribution in [2.24, 2.45) is 12.0 Å². The molecule has 7 nitrogen and oxygen atoms in total. The van der Waals surface area contributed by atoms with Crippen molar-refractivity contribution < 1.29 is 39.8 Å². The van der Waals surface area contributed by atoms with E-state index in [0.29, 0.717) is 29.0 Å². The van der Waals surface area contributed by atoms with Crippen molar-refractivity contribution in [3.63, 3.8) is 0 Å². The molecule has 0 fully saturated rings. The van der Waals surface area contributed by atoms with Crippen LogP contribution in [0, 0.1) is 18.5 Å². The SMILES string of the molecule is Cn1[c-][n+](-c2[c-]c(Oc3[c-]c4c(cc3)c3ccccc3n4/C3=N/C4=C(OC(C)(C)O4)c4ccccc4-c4ccccc43)ccc2)c2ccccc21.[Pt]. The Labute approximate surface area is 314 Å². The summed E-state index contributed by atoms with van der Waals surface area (Å²) in [4.78, 5) is 5.30. The number of benzene rings is 6. The second kappa shape index (κ2) is 12.1. The van der Waals surface area contributed by atoms with Gasteiger partial charge in [0.15, 0.2) is 5.76 Å². The average molecular weight is 858 g/mol. The third-order valence-electron chi connectivity index (χ3n) is 9.44. The van der Waals surface area contributed by atoms with Gasteiger partial charge in [-0.3, -0.25) is 0 Å². The maximum Gasteiger partial charge on any atom is 0.263 e. The fourth-order valence-corrected chi connectivity index (χ4v) is 7.27. The van der Waals surface area contributed by atoms with E-state index in [1.165, 1.54) is 0 Å². The Balaban J connectivity index is 0.00000360. The third kappa shape index (κ3) is 5.07. The first-order chi connectivity index (χ1) is 24.9. The van der Waals surface area contributed by atoms with E-state index in [2.05, 4.69) is 95.8 Å². The molecule has 8 aromatic rings. The van der Waals surface area contributed by atoms with Gasteiger partial charge in [-0.15, -0.1) is 29.7 Å². The van der Waals surface area contributed by atoms with E-state index in [1.54, 1.807) is 0 Å². The van der Waals surface area contributed by atoms with Crippen LogP contribution in [0.25, 0.3) is 55.4 Å². The molecule has 0 aliphatic carbocycles. The summed E-state index contributed by atoms with van der Waals surface area (Å²) < 4.78 is 25.5. The molecular weight excluding hydrogens is 828 g/mol. The second-order valence-electron chi connectivity index (χ2n) is 13.2. The molecule has 0 atom stereocenters. The summed E-state index contributed by atoms with van der Waals surface area (Å²) in [5, 5.41) is 2.10. The van der Waals surface area contributed by atoms with Crippen molar-refractivity contribution in [2.75, 3.05) is 0 Å². The van der Waals surface area contributed by atoms with Crippen LogP contribution in [-0.2, 0) is 37.6 Å². The van der Waals surface area contributed by atoms with Crippen LogP contribution >= 0.6 is 0 Å². The van der Waals surface area contributed by atoms with Crippen LogP contribution in [0.1, 0.15) is 25.0 Å². The number of imidazole rings is 1. The summed E-state index contributed by atoms with van der Waals surface area (Å²) in [5.41, 5.74) is 8.72. The van der Waals surface area contributed by atoms with E-state index in [4.69, 9.17) is 19.2 Å². The predicted octanol–water partition coefficient (Wildman–Crippen LogP) is 9.14. The fourth-order valence-electron chi connectivity index (χ4n) is 7.27. The molecule has 2 aromatic heterocycles. The van der Waals surface area contributed by atoms with E-state index >= 15 is 0 Å². The van der Waals surface area contributed by atoms with E-state index in [0.717, 1.165) is 60.8 Å². The second-order valence-corrected chi connectivity index (χ2v) is 13.2. The zero-order valence-electron chi connectivity index (χ0n) is 28.5. The molecule has 0 unspecified atom stereocenters. The van der Waals surface area contributed by atoms with Gasteiger partial charge in [-0.25, -0.2) is 0 Å². The molecule has 4 heterocycles. The van der Waals surface area contributed by atoms with Crippen LogP contribution in [0.2, 0.25) is 0 Å².